The Balaban J connectivity index is 2.50. The molecule has 19 heavy (non-hydrogen) atoms. The summed E-state index contributed by atoms with van der Waals surface area (Å²) in [6.07, 6.45) is 9.58. The van der Waals surface area contributed by atoms with Crippen molar-refractivity contribution in [1.29, 1.82) is 0 Å². The summed E-state index contributed by atoms with van der Waals surface area (Å²) in [5, 5.41) is 0. The summed E-state index contributed by atoms with van der Waals surface area (Å²) in [6.45, 7) is 8.52. The highest BCUT2D eigenvalue weighted by Gasteiger charge is 2.25. The molecule has 110 valence electrons. The molecule has 0 fully saturated rings. The fourth-order valence-electron chi connectivity index (χ4n) is 2.47. The smallest absolute Gasteiger partial charge is 0.396 e. The summed E-state index contributed by atoms with van der Waals surface area (Å²) < 4.78 is 10.1. The van der Waals surface area contributed by atoms with E-state index in [1.165, 1.54) is 38.5 Å². The Morgan fingerprint density at radius 3 is 2.26 bits per heavy atom. The Hall–Kier alpha value is -0.990. The molecule has 3 nitrogen and oxygen atoms in total. The van der Waals surface area contributed by atoms with Gasteiger partial charge in [-0.3, -0.25) is 0 Å². The van der Waals surface area contributed by atoms with Crippen LogP contribution >= 0.6 is 0 Å². The molecule has 0 aliphatic rings. The van der Waals surface area contributed by atoms with Gasteiger partial charge in [0.05, 0.1) is 0 Å². The van der Waals surface area contributed by atoms with Crippen LogP contribution in [0.2, 0.25) is 0 Å². The molecule has 0 aliphatic carbocycles. The van der Waals surface area contributed by atoms with Gasteiger partial charge in [-0.15, -0.1) is 0 Å². The van der Waals surface area contributed by atoms with Crippen LogP contribution in [0.25, 0.3) is 0 Å². The van der Waals surface area contributed by atoms with E-state index in [1.54, 1.807) is 6.92 Å². The molecule has 3 heteroatoms. The van der Waals surface area contributed by atoms with Crippen molar-refractivity contribution in [3.05, 3.63) is 22.1 Å². The van der Waals surface area contributed by atoms with Crippen LogP contribution in [0.5, 0.6) is 0 Å². The quantitative estimate of drug-likeness (QED) is 0.601. The van der Waals surface area contributed by atoms with Gasteiger partial charge in [-0.2, -0.15) is 0 Å². The highest BCUT2D eigenvalue weighted by atomic mass is 16.6. The molecule has 0 saturated heterocycles. The first-order valence-electron chi connectivity index (χ1n) is 7.60. The maximum atomic E-state index is 11.1. The maximum absolute atomic E-state index is 11.1. The summed E-state index contributed by atoms with van der Waals surface area (Å²) in [5.41, 5.74) is 0.205. The Morgan fingerprint density at radius 1 is 1.05 bits per heavy atom. The predicted octanol–water partition coefficient (Wildman–Crippen LogP) is 4.86. The van der Waals surface area contributed by atoms with Gasteiger partial charge in [0.25, 0.3) is 0 Å². The molecule has 1 rings (SSSR count). The fraction of sp³-hybridized carbons (Fsp3) is 0.812. The third-order valence-corrected chi connectivity index (χ3v) is 4.16. The Kier molecular flexibility index (Phi) is 6.40. The van der Waals surface area contributed by atoms with Crippen LogP contribution in [0, 0.1) is 12.3 Å². The van der Waals surface area contributed by atoms with Gasteiger partial charge in [0.2, 0.25) is 0 Å². The van der Waals surface area contributed by atoms with Crippen molar-refractivity contribution in [3.63, 3.8) is 0 Å². The Bertz CT molecular complexity index is 416. The van der Waals surface area contributed by atoms with Crippen LogP contribution in [0.4, 0.5) is 0 Å². The van der Waals surface area contributed by atoms with E-state index in [1.807, 2.05) is 0 Å². The standard InChI is InChI=1S/C16H28O3/c1-5-7-8-9-10-11-16(4,6-2)12-14-13(3)18-15(17)19-14/h5-12H2,1-4H3. The molecule has 1 atom stereocenters. The topological polar surface area (TPSA) is 43.4 Å². The van der Waals surface area contributed by atoms with Crippen molar-refractivity contribution < 1.29 is 8.83 Å². The molecule has 0 aromatic carbocycles. The molecule has 0 bridgehead atoms. The molecule has 0 radical (unpaired) electrons. The lowest BCUT2D eigenvalue weighted by atomic mass is 9.78. The zero-order valence-corrected chi connectivity index (χ0v) is 12.9. The second-order valence-electron chi connectivity index (χ2n) is 5.94. The summed E-state index contributed by atoms with van der Waals surface area (Å²) in [7, 11) is 0. The molecule has 0 saturated carbocycles. The molecule has 0 spiro atoms. The molecule has 1 unspecified atom stereocenters. The zero-order valence-electron chi connectivity index (χ0n) is 12.9. The van der Waals surface area contributed by atoms with Crippen LogP contribution in [0.3, 0.4) is 0 Å². The van der Waals surface area contributed by atoms with E-state index in [0.717, 1.165) is 18.6 Å². The molecule has 0 aliphatic heterocycles. The van der Waals surface area contributed by atoms with Crippen LogP contribution in [0.1, 0.15) is 77.2 Å². The lowest BCUT2D eigenvalue weighted by Crippen LogP contribution is -2.19. The van der Waals surface area contributed by atoms with Crippen LogP contribution in [-0.4, -0.2) is 0 Å². The van der Waals surface area contributed by atoms with Gasteiger partial charge in [0, 0.05) is 6.42 Å². The third-order valence-electron chi connectivity index (χ3n) is 4.16. The monoisotopic (exact) mass is 268 g/mol. The number of rotatable bonds is 9. The summed E-state index contributed by atoms with van der Waals surface area (Å²) in [4.78, 5) is 11.1. The first-order chi connectivity index (χ1) is 9.00. The number of unbranched alkanes of at least 4 members (excludes halogenated alkanes) is 4. The van der Waals surface area contributed by atoms with Crippen LogP contribution < -0.4 is 5.82 Å². The Labute approximate surface area is 116 Å². The highest BCUT2D eigenvalue weighted by Crippen LogP contribution is 2.33. The minimum Gasteiger partial charge on any atom is -0.396 e. The van der Waals surface area contributed by atoms with Gasteiger partial charge < -0.3 is 8.83 Å². The molecule has 1 aromatic heterocycles. The van der Waals surface area contributed by atoms with Gasteiger partial charge in [-0.25, -0.2) is 4.79 Å². The van der Waals surface area contributed by atoms with Gasteiger partial charge in [0.15, 0.2) is 0 Å². The zero-order chi connectivity index (χ0) is 14.3. The average Bonchev–Trinajstić information content (AvgIpc) is 2.67. The molecule has 0 amide bonds. The highest BCUT2D eigenvalue weighted by molar-refractivity contribution is 5.03. The van der Waals surface area contributed by atoms with Gasteiger partial charge >= 0.3 is 5.82 Å². The first kappa shape index (κ1) is 16.1. The first-order valence-corrected chi connectivity index (χ1v) is 7.60. The molecule has 1 heterocycles. The lowest BCUT2D eigenvalue weighted by molar-refractivity contribution is 0.247. The molecule has 0 N–H and O–H groups in total. The molecular weight excluding hydrogens is 240 g/mol. The summed E-state index contributed by atoms with van der Waals surface area (Å²) in [5.74, 6) is 0.785. The lowest BCUT2D eigenvalue weighted by Gasteiger charge is -2.27. The fourth-order valence-corrected chi connectivity index (χ4v) is 2.47. The second-order valence-corrected chi connectivity index (χ2v) is 5.94. The van der Waals surface area contributed by atoms with E-state index < -0.39 is 5.82 Å². The van der Waals surface area contributed by atoms with Crippen molar-refractivity contribution >= 4 is 0 Å². The van der Waals surface area contributed by atoms with Crippen molar-refractivity contribution in [1.82, 2.24) is 0 Å². The van der Waals surface area contributed by atoms with Crippen molar-refractivity contribution in [2.75, 3.05) is 0 Å². The van der Waals surface area contributed by atoms with Crippen molar-refractivity contribution in [2.24, 2.45) is 5.41 Å². The van der Waals surface area contributed by atoms with Crippen LogP contribution in [-0.2, 0) is 6.42 Å². The number of hydrogen-bond donors (Lipinski definition) is 0. The predicted molar refractivity (Wildman–Crippen MR) is 77.5 cm³/mol. The van der Waals surface area contributed by atoms with Crippen LogP contribution in [0.15, 0.2) is 13.6 Å². The number of aryl methyl sites for hydroxylation is 1. The van der Waals surface area contributed by atoms with Gasteiger partial charge in [-0.1, -0.05) is 59.3 Å². The van der Waals surface area contributed by atoms with Gasteiger partial charge in [0.1, 0.15) is 11.5 Å². The summed E-state index contributed by atoms with van der Waals surface area (Å²) in [6, 6.07) is 0. The minimum atomic E-state index is -0.575. The van der Waals surface area contributed by atoms with Crippen molar-refractivity contribution in [2.45, 2.75) is 79.1 Å². The second kappa shape index (κ2) is 7.56. The molecular formula is C16H28O3. The van der Waals surface area contributed by atoms with E-state index >= 15 is 0 Å². The van der Waals surface area contributed by atoms with E-state index in [0.29, 0.717) is 5.76 Å². The molecule has 1 aromatic rings. The average molecular weight is 268 g/mol. The van der Waals surface area contributed by atoms with Gasteiger partial charge in [-0.05, 0) is 18.8 Å². The Morgan fingerprint density at radius 2 is 1.74 bits per heavy atom. The van der Waals surface area contributed by atoms with E-state index in [4.69, 9.17) is 8.83 Å². The van der Waals surface area contributed by atoms with E-state index in [9.17, 15) is 4.79 Å². The normalized spacial score (nSPS) is 14.5. The third kappa shape index (κ3) is 5.25. The summed E-state index contributed by atoms with van der Waals surface area (Å²) >= 11 is 0. The maximum Gasteiger partial charge on any atom is 0.519 e. The minimum absolute atomic E-state index is 0.205. The largest absolute Gasteiger partial charge is 0.519 e. The SMILES string of the molecule is CCCCCCCC(C)(CC)Cc1oc(=O)oc1C. The van der Waals surface area contributed by atoms with Crippen molar-refractivity contribution in [3.8, 4) is 0 Å². The van der Waals surface area contributed by atoms with E-state index in [-0.39, 0.29) is 5.41 Å². The number of hydrogen-bond acceptors (Lipinski definition) is 3. The van der Waals surface area contributed by atoms with E-state index in [2.05, 4.69) is 20.8 Å².